The molecule has 1 aliphatic carbocycles. The zero-order valence-electron chi connectivity index (χ0n) is 17.0. The van der Waals surface area contributed by atoms with E-state index < -0.39 is 0 Å². The van der Waals surface area contributed by atoms with Crippen LogP contribution in [0.15, 0.2) is 59.9 Å². The van der Waals surface area contributed by atoms with Crippen LogP contribution in [0.3, 0.4) is 0 Å². The van der Waals surface area contributed by atoms with Crippen LogP contribution in [0, 0.1) is 13.8 Å². The van der Waals surface area contributed by atoms with Crippen molar-refractivity contribution in [3.63, 3.8) is 0 Å². The number of carbonyl (C=O) groups is 1. The molecule has 0 N–H and O–H groups in total. The second-order valence-corrected chi connectivity index (χ2v) is 8.90. The molecule has 150 valence electrons. The number of thioether (sulfide) groups is 1. The minimum Gasteiger partial charge on any atom is -0.294 e. The standard InChI is InChI=1S/C24H22N4OS/c1-15-6-8-18(9-7-15)19-11-21-20(22(29)12-19)13-28-23(25-21)26-24(27-28)30-14-17-5-3-4-16(2)10-17/h3-10,13,19H,11-12,14H2,1-2H3. The Morgan fingerprint density at radius 3 is 2.67 bits per heavy atom. The Kier molecular flexibility index (Phi) is 4.87. The van der Waals surface area contributed by atoms with Gasteiger partial charge in [0.25, 0.3) is 5.78 Å². The monoisotopic (exact) mass is 414 g/mol. The molecular formula is C24H22N4OS. The zero-order valence-corrected chi connectivity index (χ0v) is 17.8. The number of aromatic nitrogens is 4. The van der Waals surface area contributed by atoms with Gasteiger partial charge in [0.2, 0.25) is 5.16 Å². The van der Waals surface area contributed by atoms with E-state index >= 15 is 0 Å². The number of fused-ring (bicyclic) bond motifs is 2. The highest BCUT2D eigenvalue weighted by atomic mass is 32.2. The Balaban J connectivity index is 1.40. The Labute approximate surface area is 179 Å². The highest BCUT2D eigenvalue weighted by Gasteiger charge is 2.28. The summed E-state index contributed by atoms with van der Waals surface area (Å²) in [5.74, 6) is 1.64. The van der Waals surface area contributed by atoms with Crippen molar-refractivity contribution in [2.24, 2.45) is 0 Å². The molecule has 0 spiro atoms. The molecule has 0 bridgehead atoms. The molecule has 0 radical (unpaired) electrons. The van der Waals surface area contributed by atoms with Crippen LogP contribution >= 0.6 is 11.8 Å². The van der Waals surface area contributed by atoms with Crippen molar-refractivity contribution in [1.29, 1.82) is 0 Å². The van der Waals surface area contributed by atoms with Gasteiger partial charge in [0.05, 0.1) is 11.3 Å². The molecule has 5 nitrogen and oxygen atoms in total. The molecule has 4 aromatic rings. The van der Waals surface area contributed by atoms with Gasteiger partial charge in [-0.3, -0.25) is 4.79 Å². The molecule has 1 unspecified atom stereocenters. The number of nitrogens with zero attached hydrogens (tertiary/aromatic N) is 4. The van der Waals surface area contributed by atoms with Gasteiger partial charge >= 0.3 is 0 Å². The van der Waals surface area contributed by atoms with Gasteiger partial charge < -0.3 is 0 Å². The van der Waals surface area contributed by atoms with Gasteiger partial charge in [-0.15, -0.1) is 5.10 Å². The summed E-state index contributed by atoms with van der Waals surface area (Å²) in [6.07, 6.45) is 3.06. The van der Waals surface area contributed by atoms with Crippen LogP contribution in [-0.2, 0) is 12.2 Å². The largest absolute Gasteiger partial charge is 0.294 e. The molecule has 5 rings (SSSR count). The summed E-state index contributed by atoms with van der Waals surface area (Å²) in [4.78, 5) is 22.1. The van der Waals surface area contributed by atoms with Gasteiger partial charge in [-0.1, -0.05) is 71.4 Å². The van der Waals surface area contributed by atoms with E-state index in [4.69, 9.17) is 4.98 Å². The lowest BCUT2D eigenvalue weighted by Crippen LogP contribution is -2.21. The molecule has 0 aliphatic heterocycles. The minimum absolute atomic E-state index is 0.126. The fraction of sp³-hybridized carbons (Fsp3) is 0.250. The topological polar surface area (TPSA) is 60.2 Å². The summed E-state index contributed by atoms with van der Waals surface area (Å²) in [7, 11) is 0. The van der Waals surface area contributed by atoms with Gasteiger partial charge in [0.1, 0.15) is 0 Å². The number of aryl methyl sites for hydroxylation is 2. The fourth-order valence-corrected chi connectivity index (χ4v) is 4.72. The first-order chi connectivity index (χ1) is 14.5. The summed E-state index contributed by atoms with van der Waals surface area (Å²) in [5.41, 5.74) is 6.39. The van der Waals surface area contributed by atoms with Crippen LogP contribution < -0.4 is 0 Å². The highest BCUT2D eigenvalue weighted by molar-refractivity contribution is 7.98. The normalized spacial score (nSPS) is 16.1. The summed E-state index contributed by atoms with van der Waals surface area (Å²) in [5, 5.41) is 5.21. The predicted octanol–water partition coefficient (Wildman–Crippen LogP) is 4.95. The van der Waals surface area contributed by atoms with Crippen molar-refractivity contribution in [2.75, 3.05) is 0 Å². The third kappa shape index (κ3) is 3.75. The Bertz CT molecular complexity index is 1250. The lowest BCUT2D eigenvalue weighted by atomic mass is 9.82. The maximum absolute atomic E-state index is 12.8. The number of hydrogen-bond donors (Lipinski definition) is 0. The van der Waals surface area contributed by atoms with Crippen molar-refractivity contribution < 1.29 is 4.79 Å². The van der Waals surface area contributed by atoms with Crippen molar-refractivity contribution >= 4 is 23.3 Å². The summed E-state index contributed by atoms with van der Waals surface area (Å²) < 4.78 is 1.64. The summed E-state index contributed by atoms with van der Waals surface area (Å²) >= 11 is 1.58. The number of rotatable bonds is 4. The van der Waals surface area contributed by atoms with Crippen molar-refractivity contribution in [1.82, 2.24) is 19.6 Å². The molecule has 0 amide bonds. The molecule has 1 aliphatic rings. The maximum atomic E-state index is 12.8. The van der Waals surface area contributed by atoms with Crippen LogP contribution in [0.4, 0.5) is 0 Å². The molecule has 0 fully saturated rings. The highest BCUT2D eigenvalue weighted by Crippen LogP contribution is 2.32. The maximum Gasteiger partial charge on any atom is 0.253 e. The molecule has 2 aromatic carbocycles. The molecule has 2 heterocycles. The zero-order chi connectivity index (χ0) is 20.7. The first kappa shape index (κ1) is 19.0. The second-order valence-electron chi connectivity index (χ2n) is 7.96. The van der Waals surface area contributed by atoms with Crippen molar-refractivity contribution in [2.45, 2.75) is 43.5 Å². The van der Waals surface area contributed by atoms with Gasteiger partial charge in [-0.25, -0.2) is 9.50 Å². The molecule has 0 saturated carbocycles. The molecule has 0 saturated heterocycles. The van der Waals surface area contributed by atoms with Gasteiger partial charge in [-0.2, -0.15) is 4.98 Å². The molecule has 30 heavy (non-hydrogen) atoms. The average molecular weight is 415 g/mol. The van der Waals surface area contributed by atoms with Crippen LogP contribution in [0.2, 0.25) is 0 Å². The number of hydrogen-bond acceptors (Lipinski definition) is 5. The Morgan fingerprint density at radius 2 is 1.87 bits per heavy atom. The van der Waals surface area contributed by atoms with Gasteiger partial charge in [0.15, 0.2) is 5.78 Å². The van der Waals surface area contributed by atoms with E-state index in [0.717, 1.165) is 17.9 Å². The van der Waals surface area contributed by atoms with E-state index in [0.29, 0.717) is 22.9 Å². The lowest BCUT2D eigenvalue weighted by Gasteiger charge is -2.23. The Hall–Kier alpha value is -2.99. The molecule has 1 atom stereocenters. The fourth-order valence-electron chi connectivity index (χ4n) is 3.95. The molecular weight excluding hydrogens is 392 g/mol. The van der Waals surface area contributed by atoms with E-state index in [1.165, 1.54) is 22.3 Å². The van der Waals surface area contributed by atoms with Gasteiger partial charge in [-0.05, 0) is 37.3 Å². The average Bonchev–Trinajstić information content (AvgIpc) is 3.13. The summed E-state index contributed by atoms with van der Waals surface area (Å²) in [6.45, 7) is 4.16. The SMILES string of the molecule is Cc1ccc(C2CC(=O)c3cn4nc(SCc5cccc(C)c5)nc4nc3C2)cc1. The summed E-state index contributed by atoms with van der Waals surface area (Å²) in [6, 6.07) is 16.9. The third-order valence-electron chi connectivity index (χ3n) is 5.56. The number of carbonyl (C=O) groups excluding carboxylic acids is 1. The first-order valence-electron chi connectivity index (χ1n) is 10.1. The predicted molar refractivity (Wildman–Crippen MR) is 118 cm³/mol. The molecule has 6 heteroatoms. The number of benzene rings is 2. The Morgan fingerprint density at radius 1 is 1.03 bits per heavy atom. The van der Waals surface area contributed by atoms with E-state index in [1.807, 2.05) is 0 Å². The van der Waals surface area contributed by atoms with Crippen LogP contribution in [0.25, 0.3) is 5.78 Å². The molecule has 2 aromatic heterocycles. The number of Topliss-reactive ketones (excluding diaryl/α,β-unsaturated/α-hetero) is 1. The second kappa shape index (κ2) is 7.69. The van der Waals surface area contributed by atoms with E-state index in [-0.39, 0.29) is 11.7 Å². The van der Waals surface area contributed by atoms with Crippen LogP contribution in [0.5, 0.6) is 0 Å². The van der Waals surface area contributed by atoms with Crippen molar-refractivity contribution in [3.8, 4) is 0 Å². The number of ketones is 1. The van der Waals surface area contributed by atoms with Gasteiger partial charge in [0, 0.05) is 18.4 Å². The first-order valence-corrected chi connectivity index (χ1v) is 11.1. The van der Waals surface area contributed by atoms with E-state index in [1.54, 1.807) is 22.5 Å². The van der Waals surface area contributed by atoms with Crippen molar-refractivity contribution in [3.05, 3.63) is 88.2 Å². The lowest BCUT2D eigenvalue weighted by molar-refractivity contribution is 0.0962. The quantitative estimate of drug-likeness (QED) is 0.442. The van der Waals surface area contributed by atoms with Crippen LogP contribution in [-0.4, -0.2) is 25.4 Å². The smallest absolute Gasteiger partial charge is 0.253 e. The minimum atomic E-state index is 0.126. The van der Waals surface area contributed by atoms with E-state index in [2.05, 4.69) is 72.5 Å². The van der Waals surface area contributed by atoms with E-state index in [9.17, 15) is 4.79 Å². The van der Waals surface area contributed by atoms with Crippen LogP contribution in [0.1, 0.15) is 50.6 Å². The third-order valence-corrected chi connectivity index (χ3v) is 6.47.